The number of fused-ring (bicyclic) bond motifs is 1. The van der Waals surface area contributed by atoms with Crippen molar-refractivity contribution in [1.29, 1.82) is 0 Å². The Kier molecular flexibility index (Phi) is 3.43. The zero-order valence-electron chi connectivity index (χ0n) is 11.3. The summed E-state index contributed by atoms with van der Waals surface area (Å²) in [5, 5.41) is 5.14. The summed E-state index contributed by atoms with van der Waals surface area (Å²) < 4.78 is 36.0. The number of hydrogen-bond donors (Lipinski definition) is 1. The molecule has 0 aliphatic carbocycles. The molecule has 1 aliphatic heterocycles. The van der Waals surface area contributed by atoms with Gasteiger partial charge in [0.2, 0.25) is 10.0 Å². The number of sulfonamides is 1. The van der Waals surface area contributed by atoms with Gasteiger partial charge >= 0.3 is 0 Å². The van der Waals surface area contributed by atoms with Crippen LogP contribution in [0.4, 0.5) is 10.1 Å². The average Bonchev–Trinajstić information content (AvgIpc) is 2.80. The Balaban J connectivity index is 1.87. The average molecular weight is 306 g/mol. The second kappa shape index (κ2) is 5.13. The minimum atomic E-state index is -3.67. The van der Waals surface area contributed by atoms with Gasteiger partial charge < -0.3 is 4.90 Å². The van der Waals surface area contributed by atoms with Crippen molar-refractivity contribution in [2.75, 3.05) is 11.4 Å². The fourth-order valence-corrected chi connectivity index (χ4v) is 3.21. The summed E-state index contributed by atoms with van der Waals surface area (Å²) in [5.74, 6) is -0.253. The first-order valence-electron chi connectivity index (χ1n) is 6.58. The second-order valence-corrected chi connectivity index (χ2v) is 6.70. The van der Waals surface area contributed by atoms with E-state index in [1.54, 1.807) is 18.2 Å². The quantitative estimate of drug-likeness (QED) is 0.944. The predicted octanol–water partition coefficient (Wildman–Crippen LogP) is 2.04. The molecular formula is C15H15FN2O2S. The van der Waals surface area contributed by atoms with E-state index in [0.717, 1.165) is 29.8 Å². The highest BCUT2D eigenvalue weighted by Gasteiger charge is 2.21. The van der Waals surface area contributed by atoms with Crippen LogP contribution in [0.25, 0.3) is 0 Å². The molecule has 2 N–H and O–H groups in total. The molecule has 3 rings (SSSR count). The van der Waals surface area contributed by atoms with Gasteiger partial charge in [0.05, 0.1) is 4.90 Å². The first-order chi connectivity index (χ1) is 9.93. The van der Waals surface area contributed by atoms with Crippen molar-refractivity contribution in [3.63, 3.8) is 0 Å². The molecule has 4 nitrogen and oxygen atoms in total. The topological polar surface area (TPSA) is 63.4 Å². The SMILES string of the molecule is NS(=O)(=O)c1ccc2c(c1)CCN2Cc1cccc(F)c1. The molecule has 2 aromatic carbocycles. The summed E-state index contributed by atoms with van der Waals surface area (Å²) in [6.07, 6.45) is 0.758. The van der Waals surface area contributed by atoms with Gasteiger partial charge in [-0.15, -0.1) is 0 Å². The van der Waals surface area contributed by atoms with Crippen LogP contribution >= 0.6 is 0 Å². The molecule has 0 radical (unpaired) electrons. The highest BCUT2D eigenvalue weighted by atomic mass is 32.2. The lowest BCUT2D eigenvalue weighted by atomic mass is 10.1. The number of rotatable bonds is 3. The molecule has 0 spiro atoms. The van der Waals surface area contributed by atoms with Crippen LogP contribution in [0, 0.1) is 5.82 Å². The third kappa shape index (κ3) is 2.91. The Morgan fingerprint density at radius 2 is 2.00 bits per heavy atom. The maximum Gasteiger partial charge on any atom is 0.238 e. The van der Waals surface area contributed by atoms with Crippen molar-refractivity contribution in [3.05, 3.63) is 59.4 Å². The van der Waals surface area contributed by atoms with Gasteiger partial charge in [0.25, 0.3) is 0 Å². The van der Waals surface area contributed by atoms with E-state index in [4.69, 9.17) is 5.14 Å². The molecule has 1 heterocycles. The van der Waals surface area contributed by atoms with Gasteiger partial charge in [-0.1, -0.05) is 12.1 Å². The van der Waals surface area contributed by atoms with Crippen molar-refractivity contribution in [2.45, 2.75) is 17.9 Å². The molecule has 0 saturated heterocycles. The minimum Gasteiger partial charge on any atom is -0.367 e. The molecule has 6 heteroatoms. The summed E-state index contributed by atoms with van der Waals surface area (Å²) in [4.78, 5) is 2.24. The number of primary sulfonamides is 1. The van der Waals surface area contributed by atoms with Gasteiger partial charge in [-0.2, -0.15) is 0 Å². The minimum absolute atomic E-state index is 0.133. The largest absolute Gasteiger partial charge is 0.367 e. The number of nitrogens with two attached hydrogens (primary N) is 1. The van der Waals surface area contributed by atoms with E-state index in [2.05, 4.69) is 4.90 Å². The van der Waals surface area contributed by atoms with Crippen LogP contribution in [-0.2, 0) is 23.0 Å². The summed E-state index contributed by atoms with van der Waals surface area (Å²) in [6, 6.07) is 11.4. The van der Waals surface area contributed by atoms with Gasteiger partial charge in [-0.25, -0.2) is 17.9 Å². The Labute approximate surface area is 123 Å². The van der Waals surface area contributed by atoms with Gasteiger partial charge in [0.15, 0.2) is 0 Å². The molecule has 0 atom stereocenters. The van der Waals surface area contributed by atoms with E-state index < -0.39 is 10.0 Å². The van der Waals surface area contributed by atoms with Crippen molar-refractivity contribution in [2.24, 2.45) is 5.14 Å². The van der Waals surface area contributed by atoms with E-state index in [0.29, 0.717) is 6.54 Å². The Morgan fingerprint density at radius 1 is 1.19 bits per heavy atom. The van der Waals surface area contributed by atoms with E-state index in [-0.39, 0.29) is 10.7 Å². The van der Waals surface area contributed by atoms with Gasteiger partial charge in [-0.05, 0) is 47.9 Å². The Morgan fingerprint density at radius 3 is 2.71 bits per heavy atom. The highest BCUT2D eigenvalue weighted by molar-refractivity contribution is 7.89. The predicted molar refractivity (Wildman–Crippen MR) is 79.0 cm³/mol. The van der Waals surface area contributed by atoms with Crippen LogP contribution in [-0.4, -0.2) is 15.0 Å². The lowest BCUT2D eigenvalue weighted by Crippen LogP contribution is -2.19. The normalized spacial score (nSPS) is 14.3. The zero-order valence-corrected chi connectivity index (χ0v) is 12.1. The molecule has 0 amide bonds. The third-order valence-corrected chi connectivity index (χ3v) is 4.54. The first kappa shape index (κ1) is 14.0. The van der Waals surface area contributed by atoms with Crippen molar-refractivity contribution in [1.82, 2.24) is 0 Å². The van der Waals surface area contributed by atoms with Gasteiger partial charge in [0.1, 0.15) is 5.82 Å². The van der Waals surface area contributed by atoms with E-state index in [1.807, 2.05) is 6.07 Å². The van der Waals surface area contributed by atoms with Crippen LogP contribution in [0.15, 0.2) is 47.4 Å². The lowest BCUT2D eigenvalue weighted by Gasteiger charge is -2.19. The van der Waals surface area contributed by atoms with Crippen molar-refractivity contribution in [3.8, 4) is 0 Å². The maximum absolute atomic E-state index is 13.2. The van der Waals surface area contributed by atoms with E-state index in [1.165, 1.54) is 18.2 Å². The van der Waals surface area contributed by atoms with Crippen LogP contribution in [0.1, 0.15) is 11.1 Å². The fraction of sp³-hybridized carbons (Fsp3) is 0.200. The lowest BCUT2D eigenvalue weighted by molar-refractivity contribution is 0.597. The Hall–Kier alpha value is -1.92. The highest BCUT2D eigenvalue weighted by Crippen LogP contribution is 2.31. The van der Waals surface area contributed by atoms with Crippen molar-refractivity contribution < 1.29 is 12.8 Å². The summed E-state index contributed by atoms with van der Waals surface area (Å²) in [7, 11) is -3.67. The maximum atomic E-state index is 13.2. The zero-order chi connectivity index (χ0) is 15.0. The molecule has 1 aliphatic rings. The standard InChI is InChI=1S/C15H15FN2O2S/c16-13-3-1-2-11(8-13)10-18-7-6-12-9-14(21(17,19)20)4-5-15(12)18/h1-5,8-9H,6-7,10H2,(H2,17,19,20). The third-order valence-electron chi connectivity index (χ3n) is 3.63. The van der Waals surface area contributed by atoms with Gasteiger partial charge in [-0.3, -0.25) is 0 Å². The number of anilines is 1. The van der Waals surface area contributed by atoms with Crippen LogP contribution in [0.5, 0.6) is 0 Å². The first-order valence-corrected chi connectivity index (χ1v) is 8.13. The number of nitrogens with zero attached hydrogens (tertiary/aromatic N) is 1. The van der Waals surface area contributed by atoms with Gasteiger partial charge in [0, 0.05) is 18.8 Å². The summed E-state index contributed by atoms with van der Waals surface area (Å²) in [6.45, 7) is 1.37. The monoisotopic (exact) mass is 306 g/mol. The Bertz CT molecular complexity index is 790. The summed E-state index contributed by atoms with van der Waals surface area (Å²) >= 11 is 0. The molecule has 0 fully saturated rings. The molecule has 110 valence electrons. The molecule has 0 saturated carbocycles. The molecule has 0 unspecified atom stereocenters. The second-order valence-electron chi connectivity index (χ2n) is 5.14. The molecule has 0 aromatic heterocycles. The number of halogens is 1. The molecular weight excluding hydrogens is 291 g/mol. The van der Waals surface area contributed by atoms with Crippen molar-refractivity contribution >= 4 is 15.7 Å². The molecule has 21 heavy (non-hydrogen) atoms. The van der Waals surface area contributed by atoms with E-state index >= 15 is 0 Å². The molecule has 0 bridgehead atoms. The smallest absolute Gasteiger partial charge is 0.238 e. The van der Waals surface area contributed by atoms with Crippen LogP contribution in [0.2, 0.25) is 0 Å². The fourth-order valence-electron chi connectivity index (χ4n) is 2.64. The number of benzene rings is 2. The molecule has 2 aromatic rings. The summed E-state index contributed by atoms with van der Waals surface area (Å²) in [5.41, 5.74) is 2.82. The van der Waals surface area contributed by atoms with Crippen LogP contribution in [0.3, 0.4) is 0 Å². The van der Waals surface area contributed by atoms with E-state index in [9.17, 15) is 12.8 Å². The number of hydrogen-bond acceptors (Lipinski definition) is 3. The van der Waals surface area contributed by atoms with Crippen LogP contribution < -0.4 is 10.0 Å².